The van der Waals surface area contributed by atoms with Gasteiger partial charge in [0.25, 0.3) is 0 Å². The average Bonchev–Trinajstić information content (AvgIpc) is 2.27. The monoisotopic (exact) mass is 261 g/mol. The van der Waals surface area contributed by atoms with E-state index in [1.54, 1.807) is 18.2 Å². The summed E-state index contributed by atoms with van der Waals surface area (Å²) in [6, 6.07) is 5.02. The molecule has 2 rings (SSSR count). The SMILES string of the molecule is Cl.NCC1=CCCc2cc(OC(F)F)ccc21. The van der Waals surface area contributed by atoms with Gasteiger partial charge < -0.3 is 10.5 Å². The molecule has 2 nitrogen and oxygen atoms in total. The van der Waals surface area contributed by atoms with E-state index in [0.717, 1.165) is 29.5 Å². The van der Waals surface area contributed by atoms with Crippen LogP contribution in [0.4, 0.5) is 8.78 Å². The highest BCUT2D eigenvalue weighted by Gasteiger charge is 2.13. The summed E-state index contributed by atoms with van der Waals surface area (Å²) < 4.78 is 28.4. The standard InChI is InChI=1S/C12H13F2NO.ClH/c13-12(14)16-10-4-5-11-8(6-10)2-1-3-9(11)7-15;/h3-6,12H,1-2,7,15H2;1H. The maximum absolute atomic E-state index is 12.0. The summed E-state index contributed by atoms with van der Waals surface area (Å²) in [5, 5.41) is 0. The summed E-state index contributed by atoms with van der Waals surface area (Å²) in [6.45, 7) is -2.30. The Morgan fingerprint density at radius 3 is 2.76 bits per heavy atom. The molecule has 0 radical (unpaired) electrons. The second-order valence-electron chi connectivity index (χ2n) is 3.67. The number of hydrogen-bond acceptors (Lipinski definition) is 2. The molecule has 17 heavy (non-hydrogen) atoms. The van der Waals surface area contributed by atoms with Gasteiger partial charge in [-0.25, -0.2) is 0 Å². The first-order valence-electron chi connectivity index (χ1n) is 5.18. The number of rotatable bonds is 3. The number of halogens is 3. The topological polar surface area (TPSA) is 35.2 Å². The van der Waals surface area contributed by atoms with Crippen LogP contribution in [0, 0.1) is 0 Å². The van der Waals surface area contributed by atoms with Crippen molar-refractivity contribution in [3.05, 3.63) is 35.4 Å². The molecule has 0 amide bonds. The van der Waals surface area contributed by atoms with Gasteiger partial charge in [0, 0.05) is 6.54 Å². The maximum Gasteiger partial charge on any atom is 0.387 e. The van der Waals surface area contributed by atoms with Gasteiger partial charge in [0.1, 0.15) is 5.75 Å². The third kappa shape index (κ3) is 3.17. The van der Waals surface area contributed by atoms with Crippen LogP contribution in [0.15, 0.2) is 24.3 Å². The van der Waals surface area contributed by atoms with Crippen molar-refractivity contribution in [1.29, 1.82) is 0 Å². The molecule has 0 atom stereocenters. The number of benzene rings is 1. The largest absolute Gasteiger partial charge is 0.435 e. The van der Waals surface area contributed by atoms with Crippen molar-refractivity contribution in [2.45, 2.75) is 19.5 Å². The average molecular weight is 262 g/mol. The van der Waals surface area contributed by atoms with Gasteiger partial charge in [-0.15, -0.1) is 12.4 Å². The zero-order valence-corrected chi connectivity index (χ0v) is 9.97. The van der Waals surface area contributed by atoms with Gasteiger partial charge in [0.2, 0.25) is 0 Å². The van der Waals surface area contributed by atoms with Crippen molar-refractivity contribution in [2.24, 2.45) is 5.73 Å². The quantitative estimate of drug-likeness (QED) is 0.908. The number of hydrogen-bond donors (Lipinski definition) is 1. The summed E-state index contributed by atoms with van der Waals surface area (Å²) in [4.78, 5) is 0. The van der Waals surface area contributed by atoms with E-state index in [9.17, 15) is 8.78 Å². The molecule has 0 saturated heterocycles. The van der Waals surface area contributed by atoms with E-state index >= 15 is 0 Å². The van der Waals surface area contributed by atoms with Crippen LogP contribution < -0.4 is 10.5 Å². The maximum atomic E-state index is 12.0. The summed E-state index contributed by atoms with van der Waals surface area (Å²) in [7, 11) is 0. The third-order valence-corrected chi connectivity index (χ3v) is 2.67. The fraction of sp³-hybridized carbons (Fsp3) is 0.333. The molecule has 0 spiro atoms. The molecule has 0 saturated carbocycles. The highest BCUT2D eigenvalue weighted by molar-refractivity contribution is 5.85. The Balaban J connectivity index is 0.00000144. The van der Waals surface area contributed by atoms with E-state index in [4.69, 9.17) is 5.73 Å². The lowest BCUT2D eigenvalue weighted by atomic mass is 9.91. The molecule has 1 aromatic carbocycles. The lowest BCUT2D eigenvalue weighted by Crippen LogP contribution is -2.09. The van der Waals surface area contributed by atoms with Gasteiger partial charge in [-0.1, -0.05) is 12.1 Å². The Hall–Kier alpha value is -1.13. The third-order valence-electron chi connectivity index (χ3n) is 2.67. The molecule has 0 fully saturated rings. The minimum atomic E-state index is -2.77. The van der Waals surface area contributed by atoms with Crippen molar-refractivity contribution in [1.82, 2.24) is 0 Å². The Morgan fingerprint density at radius 2 is 2.12 bits per heavy atom. The lowest BCUT2D eigenvalue weighted by Gasteiger charge is -2.17. The number of aryl methyl sites for hydroxylation is 1. The molecule has 5 heteroatoms. The smallest absolute Gasteiger partial charge is 0.387 e. The molecule has 0 heterocycles. The van der Waals surface area contributed by atoms with Crippen LogP contribution in [-0.4, -0.2) is 13.2 Å². The highest BCUT2D eigenvalue weighted by atomic mass is 35.5. The fourth-order valence-corrected chi connectivity index (χ4v) is 1.97. The second-order valence-corrected chi connectivity index (χ2v) is 3.67. The van der Waals surface area contributed by atoms with Crippen molar-refractivity contribution < 1.29 is 13.5 Å². The van der Waals surface area contributed by atoms with Gasteiger partial charge in [-0.3, -0.25) is 0 Å². The van der Waals surface area contributed by atoms with E-state index < -0.39 is 6.61 Å². The van der Waals surface area contributed by atoms with Crippen LogP contribution in [0.5, 0.6) is 5.75 Å². The van der Waals surface area contributed by atoms with Crippen molar-refractivity contribution >= 4 is 18.0 Å². The number of fused-ring (bicyclic) bond motifs is 1. The van der Waals surface area contributed by atoms with Crippen LogP contribution in [-0.2, 0) is 6.42 Å². The molecule has 1 aliphatic carbocycles. The number of allylic oxidation sites excluding steroid dienone is 1. The number of nitrogens with two attached hydrogens (primary N) is 1. The first-order valence-corrected chi connectivity index (χ1v) is 5.18. The molecule has 0 aliphatic heterocycles. The van der Waals surface area contributed by atoms with Gasteiger partial charge in [0.05, 0.1) is 0 Å². The van der Waals surface area contributed by atoms with Gasteiger partial charge >= 0.3 is 6.61 Å². The van der Waals surface area contributed by atoms with E-state index in [0.29, 0.717) is 6.54 Å². The highest BCUT2D eigenvalue weighted by Crippen LogP contribution is 2.29. The molecule has 0 aromatic heterocycles. The predicted octanol–water partition coefficient (Wildman–Crippen LogP) is 3.00. The van der Waals surface area contributed by atoms with Crippen molar-refractivity contribution in [3.8, 4) is 5.75 Å². The lowest BCUT2D eigenvalue weighted by molar-refractivity contribution is -0.0498. The summed E-state index contributed by atoms with van der Waals surface area (Å²) >= 11 is 0. The first kappa shape index (κ1) is 13.9. The molecule has 1 aliphatic rings. The summed E-state index contributed by atoms with van der Waals surface area (Å²) in [5.41, 5.74) is 8.77. The molecule has 0 unspecified atom stereocenters. The van der Waals surface area contributed by atoms with E-state index in [1.807, 2.05) is 0 Å². The van der Waals surface area contributed by atoms with Crippen LogP contribution in [0.3, 0.4) is 0 Å². The van der Waals surface area contributed by atoms with Crippen LogP contribution in [0.1, 0.15) is 17.5 Å². The minimum Gasteiger partial charge on any atom is -0.435 e. The predicted molar refractivity (Wildman–Crippen MR) is 65.7 cm³/mol. The zero-order valence-electron chi connectivity index (χ0n) is 9.16. The van der Waals surface area contributed by atoms with Gasteiger partial charge in [-0.2, -0.15) is 8.78 Å². The molecule has 94 valence electrons. The van der Waals surface area contributed by atoms with E-state index in [1.165, 1.54) is 0 Å². The zero-order chi connectivity index (χ0) is 11.5. The Kier molecular flexibility index (Phi) is 4.90. The summed E-state index contributed by atoms with van der Waals surface area (Å²) in [6.07, 6.45) is 3.84. The van der Waals surface area contributed by atoms with Gasteiger partial charge in [0.15, 0.2) is 0 Å². The molecule has 0 bridgehead atoms. The van der Waals surface area contributed by atoms with Crippen molar-refractivity contribution in [2.75, 3.05) is 6.54 Å². The molecular formula is C12H14ClF2NO. The van der Waals surface area contributed by atoms with Crippen molar-refractivity contribution in [3.63, 3.8) is 0 Å². The molecule has 1 aromatic rings. The normalized spacial score (nSPS) is 13.8. The molecular weight excluding hydrogens is 248 g/mol. The minimum absolute atomic E-state index is 0. The van der Waals surface area contributed by atoms with Crippen LogP contribution in [0.25, 0.3) is 5.57 Å². The van der Waals surface area contributed by atoms with E-state index in [2.05, 4.69) is 10.8 Å². The Labute approximate surface area is 105 Å². The first-order chi connectivity index (χ1) is 7.70. The Morgan fingerprint density at radius 1 is 1.35 bits per heavy atom. The molecule has 2 N–H and O–H groups in total. The fourth-order valence-electron chi connectivity index (χ4n) is 1.97. The number of ether oxygens (including phenoxy) is 1. The second kappa shape index (κ2) is 5.98. The van der Waals surface area contributed by atoms with Gasteiger partial charge in [-0.05, 0) is 41.7 Å². The Bertz CT molecular complexity index is 421. The van der Waals surface area contributed by atoms with Crippen LogP contribution in [0.2, 0.25) is 0 Å². The number of alkyl halides is 2. The summed E-state index contributed by atoms with van der Waals surface area (Å²) in [5.74, 6) is 0.215. The van der Waals surface area contributed by atoms with Crippen LogP contribution >= 0.6 is 12.4 Å². The van der Waals surface area contributed by atoms with E-state index in [-0.39, 0.29) is 18.2 Å².